The molecular weight excluding hydrogens is 212 g/mol. The van der Waals surface area contributed by atoms with E-state index in [2.05, 4.69) is 10.6 Å². The summed E-state index contributed by atoms with van der Waals surface area (Å²) in [5.41, 5.74) is 0. The highest BCUT2D eigenvalue weighted by Crippen LogP contribution is 1.87. The molecular formula is C10H18N2O4. The first-order chi connectivity index (χ1) is 7.56. The van der Waals surface area contributed by atoms with Crippen LogP contribution in [0.15, 0.2) is 0 Å². The number of ether oxygens (including phenoxy) is 1. The molecule has 16 heavy (non-hydrogen) atoms. The van der Waals surface area contributed by atoms with E-state index in [1.807, 2.05) is 6.92 Å². The fourth-order valence-corrected chi connectivity index (χ4v) is 0.819. The van der Waals surface area contributed by atoms with Gasteiger partial charge in [0, 0.05) is 6.92 Å². The fourth-order valence-electron chi connectivity index (χ4n) is 0.819. The number of unbranched alkanes of at least 4 members (excludes halogenated alkanes) is 1. The number of hydrogen-bond donors (Lipinski definition) is 2. The van der Waals surface area contributed by atoms with E-state index < -0.39 is 11.9 Å². The summed E-state index contributed by atoms with van der Waals surface area (Å²) in [5, 5.41) is 4.65. The number of nitrogens with one attached hydrogen (secondary N) is 2. The first kappa shape index (κ1) is 14.4. The normalized spacial score (nSPS) is 9.38. The van der Waals surface area contributed by atoms with Gasteiger partial charge in [0.25, 0.3) is 0 Å². The molecule has 2 amide bonds. The molecule has 0 aliphatic heterocycles. The Morgan fingerprint density at radius 3 is 2.38 bits per heavy atom. The van der Waals surface area contributed by atoms with E-state index in [1.54, 1.807) is 0 Å². The second-order valence-corrected chi connectivity index (χ2v) is 3.26. The molecule has 6 heteroatoms. The first-order valence-electron chi connectivity index (χ1n) is 5.23. The van der Waals surface area contributed by atoms with E-state index in [9.17, 15) is 14.4 Å². The molecule has 2 N–H and O–H groups in total. The zero-order chi connectivity index (χ0) is 12.4. The summed E-state index contributed by atoms with van der Waals surface area (Å²) in [6.07, 6.45) is 1.76. The van der Waals surface area contributed by atoms with Gasteiger partial charge in [-0.05, 0) is 6.42 Å². The van der Waals surface area contributed by atoms with Gasteiger partial charge in [0.15, 0.2) is 0 Å². The fraction of sp³-hybridized carbons (Fsp3) is 0.700. The van der Waals surface area contributed by atoms with Crippen molar-refractivity contribution in [3.63, 3.8) is 0 Å². The van der Waals surface area contributed by atoms with Crippen LogP contribution in [0.4, 0.5) is 0 Å². The maximum Gasteiger partial charge on any atom is 0.325 e. The molecule has 0 aliphatic rings. The van der Waals surface area contributed by atoms with Gasteiger partial charge < -0.3 is 15.4 Å². The van der Waals surface area contributed by atoms with Crippen LogP contribution in [0.1, 0.15) is 26.7 Å². The zero-order valence-electron chi connectivity index (χ0n) is 9.67. The summed E-state index contributed by atoms with van der Waals surface area (Å²) in [4.78, 5) is 32.6. The predicted octanol–water partition coefficient (Wildman–Crippen LogP) is -0.418. The average Bonchev–Trinajstić information content (AvgIpc) is 2.24. The first-order valence-corrected chi connectivity index (χ1v) is 5.23. The van der Waals surface area contributed by atoms with Crippen molar-refractivity contribution in [1.29, 1.82) is 0 Å². The number of amides is 2. The van der Waals surface area contributed by atoms with Crippen LogP contribution in [0.2, 0.25) is 0 Å². The molecule has 0 bridgehead atoms. The molecule has 0 radical (unpaired) electrons. The number of rotatable bonds is 7. The van der Waals surface area contributed by atoms with E-state index in [-0.39, 0.29) is 19.0 Å². The minimum absolute atomic E-state index is 0.127. The van der Waals surface area contributed by atoms with Crippen molar-refractivity contribution < 1.29 is 19.1 Å². The Morgan fingerprint density at radius 1 is 1.12 bits per heavy atom. The zero-order valence-corrected chi connectivity index (χ0v) is 9.67. The Bertz CT molecular complexity index is 253. The summed E-state index contributed by atoms with van der Waals surface area (Å²) < 4.78 is 4.82. The highest BCUT2D eigenvalue weighted by atomic mass is 16.5. The highest BCUT2D eigenvalue weighted by molar-refractivity contribution is 5.86. The van der Waals surface area contributed by atoms with E-state index in [0.29, 0.717) is 6.61 Å². The molecule has 0 saturated heterocycles. The summed E-state index contributed by atoms with van der Waals surface area (Å²) >= 11 is 0. The van der Waals surface area contributed by atoms with Crippen molar-refractivity contribution in [2.24, 2.45) is 0 Å². The molecule has 0 atom stereocenters. The minimum atomic E-state index is -0.468. The number of esters is 1. The van der Waals surface area contributed by atoms with Crippen molar-refractivity contribution >= 4 is 17.8 Å². The predicted molar refractivity (Wildman–Crippen MR) is 57.6 cm³/mol. The minimum Gasteiger partial charge on any atom is -0.464 e. The molecule has 0 aromatic rings. The van der Waals surface area contributed by atoms with Gasteiger partial charge in [-0.15, -0.1) is 0 Å². The molecule has 0 aromatic heterocycles. The number of hydrogen-bond acceptors (Lipinski definition) is 4. The van der Waals surface area contributed by atoms with Crippen LogP contribution in [0, 0.1) is 0 Å². The van der Waals surface area contributed by atoms with Gasteiger partial charge in [-0.2, -0.15) is 0 Å². The molecule has 0 rings (SSSR count). The third-order valence-corrected chi connectivity index (χ3v) is 1.69. The summed E-state index contributed by atoms with van der Waals surface area (Å²) in [5.74, 6) is -1.17. The van der Waals surface area contributed by atoms with Crippen molar-refractivity contribution in [2.75, 3.05) is 19.7 Å². The van der Waals surface area contributed by atoms with Gasteiger partial charge in [-0.1, -0.05) is 13.3 Å². The van der Waals surface area contributed by atoms with Crippen LogP contribution < -0.4 is 10.6 Å². The van der Waals surface area contributed by atoms with Crippen molar-refractivity contribution in [2.45, 2.75) is 26.7 Å². The Hall–Kier alpha value is -1.59. The summed E-state index contributed by atoms with van der Waals surface area (Å²) in [6, 6.07) is 0. The van der Waals surface area contributed by atoms with Crippen LogP contribution in [0.5, 0.6) is 0 Å². The molecule has 0 spiro atoms. The molecule has 0 heterocycles. The van der Waals surface area contributed by atoms with Crippen LogP contribution in [0.3, 0.4) is 0 Å². The van der Waals surface area contributed by atoms with Gasteiger partial charge >= 0.3 is 5.97 Å². The third kappa shape index (κ3) is 8.98. The topological polar surface area (TPSA) is 84.5 Å². The van der Waals surface area contributed by atoms with Crippen LogP contribution >= 0.6 is 0 Å². The van der Waals surface area contributed by atoms with Gasteiger partial charge in [-0.25, -0.2) is 0 Å². The molecule has 6 nitrogen and oxygen atoms in total. The van der Waals surface area contributed by atoms with Crippen molar-refractivity contribution in [3.05, 3.63) is 0 Å². The van der Waals surface area contributed by atoms with Crippen molar-refractivity contribution in [1.82, 2.24) is 10.6 Å². The van der Waals surface area contributed by atoms with Gasteiger partial charge in [0.05, 0.1) is 13.2 Å². The van der Waals surface area contributed by atoms with Gasteiger partial charge in [0.1, 0.15) is 6.54 Å². The number of carbonyl (C=O) groups is 3. The molecule has 0 aromatic carbocycles. The Labute approximate surface area is 94.7 Å². The van der Waals surface area contributed by atoms with Crippen molar-refractivity contribution in [3.8, 4) is 0 Å². The largest absolute Gasteiger partial charge is 0.464 e. The lowest BCUT2D eigenvalue weighted by molar-refractivity contribution is -0.143. The standard InChI is InChI=1S/C10H18N2O4/c1-3-4-5-16-10(15)7-12-9(14)6-11-8(2)13/h3-7H2,1-2H3,(H,11,13)(H,12,14). The van der Waals surface area contributed by atoms with Crippen LogP contribution in [-0.2, 0) is 19.1 Å². The second-order valence-electron chi connectivity index (χ2n) is 3.26. The molecule has 92 valence electrons. The monoisotopic (exact) mass is 230 g/mol. The highest BCUT2D eigenvalue weighted by Gasteiger charge is 2.06. The van der Waals surface area contributed by atoms with Gasteiger partial charge in [-0.3, -0.25) is 14.4 Å². The van der Waals surface area contributed by atoms with Crippen LogP contribution in [0.25, 0.3) is 0 Å². The summed E-state index contributed by atoms with van der Waals surface area (Å²) in [7, 11) is 0. The van der Waals surface area contributed by atoms with E-state index in [0.717, 1.165) is 12.8 Å². The smallest absolute Gasteiger partial charge is 0.325 e. The average molecular weight is 230 g/mol. The Morgan fingerprint density at radius 2 is 1.81 bits per heavy atom. The molecule has 0 unspecified atom stereocenters. The van der Waals surface area contributed by atoms with E-state index in [4.69, 9.17) is 4.74 Å². The van der Waals surface area contributed by atoms with E-state index in [1.165, 1.54) is 6.92 Å². The quantitative estimate of drug-likeness (QED) is 0.459. The maximum atomic E-state index is 11.0. The Kier molecular flexibility index (Phi) is 7.83. The molecule has 0 fully saturated rings. The lowest BCUT2D eigenvalue weighted by Gasteiger charge is -2.06. The van der Waals surface area contributed by atoms with Crippen LogP contribution in [-0.4, -0.2) is 37.5 Å². The second kappa shape index (κ2) is 8.70. The number of carbonyl (C=O) groups excluding carboxylic acids is 3. The van der Waals surface area contributed by atoms with Gasteiger partial charge in [0.2, 0.25) is 11.8 Å². The lowest BCUT2D eigenvalue weighted by Crippen LogP contribution is -2.38. The third-order valence-electron chi connectivity index (χ3n) is 1.69. The molecule has 0 aliphatic carbocycles. The maximum absolute atomic E-state index is 11.0. The Balaban J connectivity index is 3.51. The molecule has 0 saturated carbocycles. The SMILES string of the molecule is CCCCOC(=O)CNC(=O)CNC(C)=O. The van der Waals surface area contributed by atoms with E-state index >= 15 is 0 Å². The summed E-state index contributed by atoms with van der Waals surface area (Å²) in [6.45, 7) is 3.38. The lowest BCUT2D eigenvalue weighted by atomic mass is 10.4.